The first kappa shape index (κ1) is 14.1. The first-order chi connectivity index (χ1) is 9.54. The van der Waals surface area contributed by atoms with Crippen LogP contribution in [0.25, 0.3) is 0 Å². The van der Waals surface area contributed by atoms with Gasteiger partial charge in [0.2, 0.25) is 5.95 Å². The minimum absolute atomic E-state index is 0.213. The van der Waals surface area contributed by atoms with Crippen LogP contribution >= 0.6 is 0 Å². The lowest BCUT2D eigenvalue weighted by Gasteiger charge is -2.09. The Bertz CT molecular complexity index is 589. The Labute approximate surface area is 115 Å². The number of anilines is 3. The van der Waals surface area contributed by atoms with Crippen molar-refractivity contribution in [2.45, 2.75) is 13.8 Å². The molecule has 0 saturated heterocycles. The normalized spacial score (nSPS) is 10.7. The van der Waals surface area contributed by atoms with Crippen LogP contribution in [0, 0.1) is 17.6 Å². The predicted molar refractivity (Wildman–Crippen MR) is 72.8 cm³/mol. The molecule has 0 radical (unpaired) electrons. The van der Waals surface area contributed by atoms with Gasteiger partial charge in [-0.25, -0.2) is 8.78 Å². The molecular formula is C13H15F2N5. The predicted octanol–water partition coefficient (Wildman–Crippen LogP) is 2.96. The zero-order chi connectivity index (χ0) is 14.5. The van der Waals surface area contributed by atoms with Gasteiger partial charge in [-0.2, -0.15) is 10.1 Å². The lowest BCUT2D eigenvalue weighted by atomic mass is 10.2. The molecule has 5 nitrogen and oxygen atoms in total. The average Bonchev–Trinajstić information content (AvgIpc) is 2.41. The molecule has 0 unspecified atom stereocenters. The minimum Gasteiger partial charge on any atom is -0.368 e. The molecule has 20 heavy (non-hydrogen) atoms. The standard InChI is InChI=1S/C13H15F2N5/c1-8(2)6-16-12-7-17-20-13(19-12)18-9-3-4-10(14)11(15)5-9/h3-5,7-8H,6H2,1-2H3,(H2,16,18,19,20). The van der Waals surface area contributed by atoms with Crippen molar-refractivity contribution in [3.63, 3.8) is 0 Å². The highest BCUT2D eigenvalue weighted by atomic mass is 19.2. The third kappa shape index (κ3) is 3.84. The van der Waals surface area contributed by atoms with Crippen LogP contribution in [0.4, 0.5) is 26.2 Å². The van der Waals surface area contributed by atoms with E-state index in [0.717, 1.165) is 18.7 Å². The molecule has 2 aromatic rings. The Hall–Kier alpha value is -2.31. The largest absolute Gasteiger partial charge is 0.368 e. The van der Waals surface area contributed by atoms with Gasteiger partial charge in [-0.3, -0.25) is 0 Å². The second-order valence-electron chi connectivity index (χ2n) is 4.69. The monoisotopic (exact) mass is 279 g/mol. The molecule has 1 aromatic carbocycles. The molecule has 0 bridgehead atoms. The summed E-state index contributed by atoms with van der Waals surface area (Å²) in [6.45, 7) is 4.90. The maximum atomic E-state index is 13.1. The van der Waals surface area contributed by atoms with Crippen LogP contribution in [0.15, 0.2) is 24.4 Å². The van der Waals surface area contributed by atoms with E-state index >= 15 is 0 Å². The molecule has 2 rings (SSSR count). The van der Waals surface area contributed by atoms with Gasteiger partial charge in [-0.1, -0.05) is 13.8 Å². The van der Waals surface area contributed by atoms with Crippen LogP contribution < -0.4 is 10.6 Å². The van der Waals surface area contributed by atoms with Gasteiger partial charge in [0.1, 0.15) is 0 Å². The van der Waals surface area contributed by atoms with E-state index in [-0.39, 0.29) is 5.95 Å². The molecule has 7 heteroatoms. The van der Waals surface area contributed by atoms with Crippen molar-refractivity contribution in [3.05, 3.63) is 36.0 Å². The number of halogens is 2. The van der Waals surface area contributed by atoms with Crippen LogP contribution in [-0.4, -0.2) is 21.7 Å². The number of nitrogens with one attached hydrogen (secondary N) is 2. The molecule has 0 atom stereocenters. The summed E-state index contributed by atoms with van der Waals surface area (Å²) in [5.74, 6) is -0.588. The molecule has 0 spiro atoms. The molecule has 0 aliphatic heterocycles. The summed E-state index contributed by atoms with van der Waals surface area (Å²) in [7, 11) is 0. The second kappa shape index (κ2) is 6.23. The lowest BCUT2D eigenvalue weighted by molar-refractivity contribution is 0.509. The highest BCUT2D eigenvalue weighted by Crippen LogP contribution is 2.16. The zero-order valence-electron chi connectivity index (χ0n) is 11.2. The number of benzene rings is 1. The molecule has 2 N–H and O–H groups in total. The summed E-state index contributed by atoms with van der Waals surface area (Å²) < 4.78 is 25.9. The van der Waals surface area contributed by atoms with Crippen LogP contribution in [0.5, 0.6) is 0 Å². The Balaban J connectivity index is 2.08. The van der Waals surface area contributed by atoms with E-state index in [1.54, 1.807) is 0 Å². The van der Waals surface area contributed by atoms with E-state index in [2.05, 4.69) is 39.7 Å². The Morgan fingerprint density at radius 3 is 2.70 bits per heavy atom. The number of hydrogen-bond donors (Lipinski definition) is 2. The van der Waals surface area contributed by atoms with Gasteiger partial charge >= 0.3 is 0 Å². The number of aromatic nitrogens is 3. The molecule has 0 fully saturated rings. The Morgan fingerprint density at radius 2 is 2.00 bits per heavy atom. The summed E-state index contributed by atoms with van der Waals surface area (Å²) in [5, 5.41) is 13.5. The van der Waals surface area contributed by atoms with E-state index in [1.807, 2.05) is 0 Å². The molecule has 1 heterocycles. The summed E-state index contributed by atoms with van der Waals surface area (Å²) in [5.41, 5.74) is 0.353. The molecule has 0 aliphatic rings. The van der Waals surface area contributed by atoms with Crippen LogP contribution in [0.3, 0.4) is 0 Å². The van der Waals surface area contributed by atoms with E-state index < -0.39 is 11.6 Å². The third-order valence-corrected chi connectivity index (χ3v) is 2.43. The van der Waals surface area contributed by atoms with Crippen LogP contribution in [0.2, 0.25) is 0 Å². The fraction of sp³-hybridized carbons (Fsp3) is 0.308. The summed E-state index contributed by atoms with van der Waals surface area (Å²) in [6.07, 6.45) is 1.50. The van der Waals surface area contributed by atoms with Crippen molar-refractivity contribution in [3.8, 4) is 0 Å². The molecule has 0 aliphatic carbocycles. The van der Waals surface area contributed by atoms with Gasteiger partial charge in [-0.15, -0.1) is 5.10 Å². The summed E-state index contributed by atoms with van der Waals surface area (Å²) >= 11 is 0. The molecule has 0 saturated carbocycles. The quantitative estimate of drug-likeness (QED) is 0.881. The summed E-state index contributed by atoms with van der Waals surface area (Å²) in [4.78, 5) is 4.18. The van der Waals surface area contributed by atoms with E-state index in [4.69, 9.17) is 0 Å². The highest BCUT2D eigenvalue weighted by molar-refractivity contribution is 5.54. The summed E-state index contributed by atoms with van der Waals surface area (Å²) in [6, 6.07) is 3.47. The lowest BCUT2D eigenvalue weighted by Crippen LogP contribution is -2.10. The molecule has 106 valence electrons. The maximum Gasteiger partial charge on any atom is 0.249 e. The van der Waals surface area contributed by atoms with Crippen molar-refractivity contribution in [1.29, 1.82) is 0 Å². The van der Waals surface area contributed by atoms with Crippen molar-refractivity contribution in [1.82, 2.24) is 15.2 Å². The van der Waals surface area contributed by atoms with Gasteiger partial charge < -0.3 is 10.6 Å². The first-order valence-electron chi connectivity index (χ1n) is 6.20. The average molecular weight is 279 g/mol. The minimum atomic E-state index is -0.933. The molecule has 0 amide bonds. The van der Waals surface area contributed by atoms with Gasteiger partial charge in [0.05, 0.1) is 6.20 Å². The van der Waals surface area contributed by atoms with Crippen LogP contribution in [-0.2, 0) is 0 Å². The number of rotatable bonds is 5. The Kier molecular flexibility index (Phi) is 4.39. The van der Waals surface area contributed by atoms with Crippen molar-refractivity contribution in [2.75, 3.05) is 17.2 Å². The van der Waals surface area contributed by atoms with E-state index in [0.29, 0.717) is 17.4 Å². The van der Waals surface area contributed by atoms with E-state index in [9.17, 15) is 8.78 Å². The number of nitrogens with zero attached hydrogens (tertiary/aromatic N) is 3. The maximum absolute atomic E-state index is 13.1. The topological polar surface area (TPSA) is 62.7 Å². The van der Waals surface area contributed by atoms with Gasteiger partial charge in [0, 0.05) is 18.3 Å². The SMILES string of the molecule is CC(C)CNc1cnnc(Nc2ccc(F)c(F)c2)n1. The highest BCUT2D eigenvalue weighted by Gasteiger charge is 2.05. The van der Waals surface area contributed by atoms with Gasteiger partial charge in [0.15, 0.2) is 17.5 Å². The second-order valence-corrected chi connectivity index (χ2v) is 4.69. The first-order valence-corrected chi connectivity index (χ1v) is 6.20. The zero-order valence-corrected chi connectivity index (χ0v) is 11.2. The van der Waals surface area contributed by atoms with Crippen LogP contribution in [0.1, 0.15) is 13.8 Å². The smallest absolute Gasteiger partial charge is 0.249 e. The number of hydrogen-bond acceptors (Lipinski definition) is 5. The third-order valence-electron chi connectivity index (χ3n) is 2.43. The van der Waals surface area contributed by atoms with Crippen molar-refractivity contribution < 1.29 is 8.78 Å². The molecule has 1 aromatic heterocycles. The van der Waals surface area contributed by atoms with E-state index in [1.165, 1.54) is 12.3 Å². The fourth-order valence-corrected chi connectivity index (χ4v) is 1.45. The Morgan fingerprint density at radius 1 is 1.20 bits per heavy atom. The van der Waals surface area contributed by atoms with Crippen molar-refractivity contribution in [2.24, 2.45) is 5.92 Å². The van der Waals surface area contributed by atoms with Gasteiger partial charge in [-0.05, 0) is 18.1 Å². The van der Waals surface area contributed by atoms with Crippen molar-refractivity contribution >= 4 is 17.5 Å². The fourth-order valence-electron chi connectivity index (χ4n) is 1.45. The van der Waals surface area contributed by atoms with Gasteiger partial charge in [0.25, 0.3) is 0 Å². The molecular weight excluding hydrogens is 264 g/mol.